The van der Waals surface area contributed by atoms with Crippen LogP contribution in [-0.2, 0) is 9.53 Å². The summed E-state index contributed by atoms with van der Waals surface area (Å²) in [5.41, 5.74) is 1.80. The van der Waals surface area contributed by atoms with Gasteiger partial charge in [-0.05, 0) is 42.0 Å². The summed E-state index contributed by atoms with van der Waals surface area (Å²) in [6.07, 6.45) is 6.73. The Morgan fingerprint density at radius 2 is 1.90 bits per heavy atom. The molecular formula is C22H31N5O4. The number of aromatic nitrogens is 4. The third-order valence-corrected chi connectivity index (χ3v) is 5.40. The predicted molar refractivity (Wildman–Crippen MR) is 116 cm³/mol. The molecule has 2 aromatic rings. The maximum Gasteiger partial charge on any atom is 0.338 e. The number of hydrogen-bond acceptors (Lipinski definition) is 8. The number of methoxy groups -OCH3 is 2. The number of nitrogens with one attached hydrogen (secondary N) is 1. The van der Waals surface area contributed by atoms with Crippen LogP contribution in [-0.4, -0.2) is 47.0 Å². The summed E-state index contributed by atoms with van der Waals surface area (Å²) >= 11 is 0. The number of hydrogen-bond donors (Lipinski definition) is 1. The van der Waals surface area contributed by atoms with Crippen LogP contribution in [0.4, 0.5) is 5.95 Å². The average Bonchev–Trinajstić information content (AvgIpc) is 3.24. The molecule has 1 N–H and O–H groups in total. The van der Waals surface area contributed by atoms with Crippen molar-refractivity contribution in [1.82, 2.24) is 20.2 Å². The van der Waals surface area contributed by atoms with Crippen molar-refractivity contribution in [2.75, 3.05) is 26.1 Å². The molecule has 0 aliphatic carbocycles. The lowest BCUT2D eigenvalue weighted by molar-refractivity contribution is -0.139. The van der Waals surface area contributed by atoms with Gasteiger partial charge in [0.25, 0.3) is 0 Å². The number of unbranched alkanes of at least 4 members (excludes halogenated alkanes) is 5. The van der Waals surface area contributed by atoms with E-state index in [1.54, 1.807) is 31.0 Å². The lowest BCUT2D eigenvalue weighted by Gasteiger charge is -2.28. The first kappa shape index (κ1) is 22.6. The smallest absolute Gasteiger partial charge is 0.338 e. The monoisotopic (exact) mass is 429 g/mol. The van der Waals surface area contributed by atoms with E-state index >= 15 is 0 Å². The third kappa shape index (κ3) is 5.15. The fourth-order valence-corrected chi connectivity index (χ4v) is 3.74. The van der Waals surface area contributed by atoms with Gasteiger partial charge in [-0.1, -0.05) is 44.1 Å². The SMILES string of the molecule is CCCCCCCCOC(=O)C1=C(C)Nc2nnnn2C1c1cc(OC)ccc1OC. The number of tetrazole rings is 1. The number of nitrogens with zero attached hydrogens (tertiary/aromatic N) is 4. The lowest BCUT2D eigenvalue weighted by Crippen LogP contribution is -2.30. The number of benzene rings is 1. The van der Waals surface area contributed by atoms with Gasteiger partial charge in [-0.3, -0.25) is 0 Å². The summed E-state index contributed by atoms with van der Waals surface area (Å²) in [5.74, 6) is 1.29. The van der Waals surface area contributed by atoms with Crippen LogP contribution in [0.15, 0.2) is 29.5 Å². The molecular weight excluding hydrogens is 398 g/mol. The van der Waals surface area contributed by atoms with E-state index in [1.165, 1.54) is 19.3 Å². The van der Waals surface area contributed by atoms with Crippen LogP contribution in [0, 0.1) is 0 Å². The summed E-state index contributed by atoms with van der Waals surface area (Å²) in [6, 6.07) is 4.83. The molecule has 9 nitrogen and oxygen atoms in total. The van der Waals surface area contributed by atoms with Crippen LogP contribution in [0.1, 0.15) is 64.0 Å². The van der Waals surface area contributed by atoms with Crippen LogP contribution in [0.2, 0.25) is 0 Å². The number of anilines is 1. The molecule has 2 heterocycles. The molecule has 0 bridgehead atoms. The Morgan fingerprint density at radius 1 is 1.13 bits per heavy atom. The van der Waals surface area contributed by atoms with Crippen LogP contribution < -0.4 is 14.8 Å². The quantitative estimate of drug-likeness (QED) is 0.424. The van der Waals surface area contributed by atoms with E-state index in [2.05, 4.69) is 27.8 Å². The fourth-order valence-electron chi connectivity index (χ4n) is 3.74. The number of esters is 1. The van der Waals surface area contributed by atoms with Crippen molar-refractivity contribution in [3.63, 3.8) is 0 Å². The van der Waals surface area contributed by atoms with Crippen LogP contribution in [0.25, 0.3) is 0 Å². The summed E-state index contributed by atoms with van der Waals surface area (Å²) < 4.78 is 18.2. The van der Waals surface area contributed by atoms with Crippen molar-refractivity contribution in [2.24, 2.45) is 0 Å². The normalized spacial score (nSPS) is 15.3. The molecule has 0 saturated heterocycles. The summed E-state index contributed by atoms with van der Waals surface area (Å²) in [7, 11) is 3.17. The number of carbonyl (C=O) groups excluding carboxylic acids is 1. The van der Waals surface area contributed by atoms with Gasteiger partial charge >= 0.3 is 5.97 Å². The van der Waals surface area contributed by atoms with Gasteiger partial charge in [0.1, 0.15) is 17.5 Å². The number of carbonyl (C=O) groups is 1. The molecule has 0 saturated carbocycles. The Kier molecular flexibility index (Phi) is 7.86. The highest BCUT2D eigenvalue weighted by Gasteiger charge is 2.36. The van der Waals surface area contributed by atoms with Gasteiger partial charge in [0.05, 0.1) is 26.4 Å². The number of fused-ring (bicyclic) bond motifs is 1. The molecule has 0 fully saturated rings. The van der Waals surface area contributed by atoms with Crippen LogP contribution in [0.3, 0.4) is 0 Å². The molecule has 0 radical (unpaired) electrons. The van der Waals surface area contributed by atoms with Gasteiger partial charge in [0, 0.05) is 11.3 Å². The second kappa shape index (κ2) is 10.8. The summed E-state index contributed by atoms with van der Waals surface area (Å²) in [4.78, 5) is 13.1. The Balaban J connectivity index is 1.84. The van der Waals surface area contributed by atoms with Crippen molar-refractivity contribution in [3.05, 3.63) is 35.0 Å². The Hall–Kier alpha value is -3.10. The zero-order chi connectivity index (χ0) is 22.2. The van der Waals surface area contributed by atoms with Crippen molar-refractivity contribution in [1.29, 1.82) is 0 Å². The van der Waals surface area contributed by atoms with E-state index in [1.807, 2.05) is 13.0 Å². The highest BCUT2D eigenvalue weighted by molar-refractivity contribution is 5.92. The van der Waals surface area contributed by atoms with Crippen molar-refractivity contribution < 1.29 is 19.0 Å². The van der Waals surface area contributed by atoms with Gasteiger partial charge in [-0.15, -0.1) is 0 Å². The molecule has 1 aliphatic rings. The molecule has 1 aromatic heterocycles. The van der Waals surface area contributed by atoms with Crippen LogP contribution in [0.5, 0.6) is 11.5 Å². The van der Waals surface area contributed by atoms with E-state index in [4.69, 9.17) is 14.2 Å². The molecule has 31 heavy (non-hydrogen) atoms. The van der Waals surface area contributed by atoms with Gasteiger partial charge in [-0.2, -0.15) is 4.68 Å². The maximum absolute atomic E-state index is 13.1. The van der Waals surface area contributed by atoms with Crippen LogP contribution >= 0.6 is 0 Å². The molecule has 1 aromatic carbocycles. The number of ether oxygens (including phenoxy) is 3. The Bertz CT molecular complexity index is 924. The molecule has 9 heteroatoms. The molecule has 1 aliphatic heterocycles. The standard InChI is InChI=1S/C22H31N5O4/c1-5-6-7-8-9-10-13-31-21(28)19-15(2)23-22-24-25-26-27(22)20(19)17-14-16(29-3)11-12-18(17)30-4/h11-12,14,20H,5-10,13H2,1-4H3,(H,23,24,26). The van der Waals surface area contributed by atoms with E-state index in [0.29, 0.717) is 40.9 Å². The zero-order valence-electron chi connectivity index (χ0n) is 18.7. The summed E-state index contributed by atoms with van der Waals surface area (Å²) in [5, 5.41) is 15.0. The van der Waals surface area contributed by atoms with Gasteiger partial charge in [0.15, 0.2) is 0 Å². The fraction of sp³-hybridized carbons (Fsp3) is 0.545. The van der Waals surface area contributed by atoms with E-state index in [0.717, 1.165) is 19.3 Å². The second-order valence-corrected chi connectivity index (χ2v) is 7.52. The minimum atomic E-state index is -0.603. The van der Waals surface area contributed by atoms with E-state index in [-0.39, 0.29) is 0 Å². The molecule has 3 rings (SSSR count). The maximum atomic E-state index is 13.1. The average molecular weight is 430 g/mol. The minimum absolute atomic E-state index is 0.381. The Labute approximate surface area is 182 Å². The highest BCUT2D eigenvalue weighted by atomic mass is 16.5. The predicted octanol–water partition coefficient (Wildman–Crippen LogP) is 3.88. The molecule has 1 atom stereocenters. The van der Waals surface area contributed by atoms with E-state index in [9.17, 15) is 4.79 Å². The van der Waals surface area contributed by atoms with Gasteiger partial charge in [0.2, 0.25) is 5.95 Å². The largest absolute Gasteiger partial charge is 0.497 e. The van der Waals surface area contributed by atoms with Crippen molar-refractivity contribution >= 4 is 11.9 Å². The zero-order valence-corrected chi connectivity index (χ0v) is 18.7. The third-order valence-electron chi connectivity index (χ3n) is 5.40. The van der Waals surface area contributed by atoms with Crippen molar-refractivity contribution in [2.45, 2.75) is 58.4 Å². The topological polar surface area (TPSA) is 100 Å². The first-order valence-corrected chi connectivity index (χ1v) is 10.7. The number of rotatable bonds is 11. The minimum Gasteiger partial charge on any atom is -0.497 e. The van der Waals surface area contributed by atoms with Crippen molar-refractivity contribution in [3.8, 4) is 11.5 Å². The van der Waals surface area contributed by atoms with Gasteiger partial charge in [-0.25, -0.2) is 4.79 Å². The van der Waals surface area contributed by atoms with E-state index < -0.39 is 12.0 Å². The first-order chi connectivity index (χ1) is 15.1. The summed E-state index contributed by atoms with van der Waals surface area (Å²) in [6.45, 7) is 4.39. The highest BCUT2D eigenvalue weighted by Crippen LogP contribution is 2.40. The molecule has 1 unspecified atom stereocenters. The molecule has 0 spiro atoms. The number of allylic oxidation sites excluding steroid dienone is 1. The first-order valence-electron chi connectivity index (χ1n) is 10.7. The Morgan fingerprint density at radius 3 is 2.65 bits per heavy atom. The second-order valence-electron chi connectivity index (χ2n) is 7.52. The lowest BCUT2D eigenvalue weighted by atomic mass is 9.94. The molecule has 168 valence electrons. The van der Waals surface area contributed by atoms with Gasteiger partial charge < -0.3 is 19.5 Å². The molecule has 0 amide bonds.